The lowest BCUT2D eigenvalue weighted by Crippen LogP contribution is -2.05. The van der Waals surface area contributed by atoms with Crippen LogP contribution < -0.4 is 10.5 Å². The van der Waals surface area contributed by atoms with E-state index in [0.717, 1.165) is 17.7 Å². The number of ether oxygens (including phenoxy) is 1. The fourth-order valence-corrected chi connectivity index (χ4v) is 1.80. The van der Waals surface area contributed by atoms with Crippen LogP contribution in [0.1, 0.15) is 12.5 Å². The summed E-state index contributed by atoms with van der Waals surface area (Å²) in [6.45, 7) is 2.02. The minimum Gasteiger partial charge on any atom is -0.489 e. The number of rotatable bonds is 0. The molecule has 1 aliphatic heterocycles. The van der Waals surface area contributed by atoms with E-state index < -0.39 is 0 Å². The number of fused-ring (bicyclic) bond motifs is 1. The van der Waals surface area contributed by atoms with Crippen LogP contribution in [0.15, 0.2) is 12.1 Å². The first-order valence-corrected chi connectivity index (χ1v) is 4.29. The van der Waals surface area contributed by atoms with Gasteiger partial charge in [0, 0.05) is 17.7 Å². The van der Waals surface area contributed by atoms with Crippen molar-refractivity contribution in [1.82, 2.24) is 0 Å². The minimum absolute atomic E-state index is 0.222. The van der Waals surface area contributed by atoms with Gasteiger partial charge < -0.3 is 10.5 Å². The number of halogens is 1. The predicted molar refractivity (Wildman–Crippen MR) is 49.7 cm³/mol. The molecular weight excluding hydrogens is 174 g/mol. The Morgan fingerprint density at radius 1 is 1.58 bits per heavy atom. The van der Waals surface area contributed by atoms with Gasteiger partial charge in [0.2, 0.25) is 0 Å². The quantitative estimate of drug-likeness (QED) is 0.627. The number of nitrogens with two attached hydrogens (primary N) is 1. The lowest BCUT2D eigenvalue weighted by molar-refractivity contribution is 0.255. The highest BCUT2D eigenvalue weighted by atomic mass is 35.5. The van der Waals surface area contributed by atoms with Gasteiger partial charge in [-0.3, -0.25) is 0 Å². The molecule has 2 rings (SSSR count). The first-order chi connectivity index (χ1) is 5.66. The summed E-state index contributed by atoms with van der Waals surface area (Å²) in [5, 5.41) is 0.620. The van der Waals surface area contributed by atoms with Crippen molar-refractivity contribution < 1.29 is 4.74 Å². The Bertz CT molecular complexity index is 325. The second-order valence-electron chi connectivity index (χ2n) is 3.12. The Kier molecular flexibility index (Phi) is 1.65. The number of hydrogen-bond donors (Lipinski definition) is 1. The normalized spacial score (nSPS) is 20.3. The molecule has 2 N–H and O–H groups in total. The van der Waals surface area contributed by atoms with Crippen LogP contribution in [0, 0.1) is 0 Å². The third-order valence-corrected chi connectivity index (χ3v) is 2.25. The lowest BCUT2D eigenvalue weighted by Gasteiger charge is -2.04. The van der Waals surface area contributed by atoms with E-state index in [1.54, 1.807) is 6.07 Å². The molecule has 0 radical (unpaired) electrons. The van der Waals surface area contributed by atoms with Gasteiger partial charge in [-0.2, -0.15) is 0 Å². The first kappa shape index (κ1) is 7.74. The summed E-state index contributed by atoms with van der Waals surface area (Å²) in [4.78, 5) is 0. The summed E-state index contributed by atoms with van der Waals surface area (Å²) in [5.74, 6) is 0.804. The van der Waals surface area contributed by atoms with Crippen molar-refractivity contribution in [3.8, 4) is 5.75 Å². The van der Waals surface area contributed by atoms with Crippen molar-refractivity contribution in [2.45, 2.75) is 19.4 Å². The SMILES string of the molecule is C[C@@H]1Cc2cc(N)cc(Cl)c2O1. The molecule has 12 heavy (non-hydrogen) atoms. The molecule has 0 aliphatic carbocycles. The molecule has 1 atom stereocenters. The monoisotopic (exact) mass is 183 g/mol. The smallest absolute Gasteiger partial charge is 0.141 e. The van der Waals surface area contributed by atoms with Crippen molar-refractivity contribution in [2.24, 2.45) is 0 Å². The molecule has 0 bridgehead atoms. The Balaban J connectivity index is 2.52. The van der Waals surface area contributed by atoms with E-state index in [-0.39, 0.29) is 6.10 Å². The van der Waals surface area contributed by atoms with Gasteiger partial charge >= 0.3 is 0 Å². The van der Waals surface area contributed by atoms with Crippen LogP contribution in [0.4, 0.5) is 5.69 Å². The summed E-state index contributed by atoms with van der Waals surface area (Å²) >= 11 is 5.94. The Morgan fingerprint density at radius 2 is 2.33 bits per heavy atom. The third-order valence-electron chi connectivity index (χ3n) is 1.97. The zero-order valence-corrected chi connectivity index (χ0v) is 7.56. The van der Waals surface area contributed by atoms with E-state index in [1.165, 1.54) is 0 Å². The maximum absolute atomic E-state index is 5.94. The van der Waals surface area contributed by atoms with E-state index in [9.17, 15) is 0 Å². The number of anilines is 1. The fraction of sp³-hybridized carbons (Fsp3) is 0.333. The molecule has 0 unspecified atom stereocenters. The molecular formula is C9H10ClNO. The Morgan fingerprint density at radius 3 is 3.08 bits per heavy atom. The molecule has 3 heteroatoms. The van der Waals surface area contributed by atoms with Crippen LogP contribution in [0.25, 0.3) is 0 Å². The summed E-state index contributed by atoms with van der Waals surface area (Å²) in [6.07, 6.45) is 1.12. The van der Waals surface area contributed by atoms with Crippen LogP contribution >= 0.6 is 11.6 Å². The molecule has 0 aromatic heterocycles. The maximum atomic E-state index is 5.94. The molecule has 64 valence electrons. The van der Waals surface area contributed by atoms with E-state index in [1.807, 2.05) is 13.0 Å². The molecule has 0 spiro atoms. The number of benzene rings is 1. The zero-order valence-electron chi connectivity index (χ0n) is 6.80. The molecule has 0 saturated heterocycles. The lowest BCUT2D eigenvalue weighted by atomic mass is 10.1. The highest BCUT2D eigenvalue weighted by Gasteiger charge is 2.21. The molecule has 0 amide bonds. The van der Waals surface area contributed by atoms with Crippen molar-refractivity contribution in [3.63, 3.8) is 0 Å². The minimum atomic E-state index is 0.222. The average Bonchev–Trinajstić information content (AvgIpc) is 2.29. The van der Waals surface area contributed by atoms with Crippen molar-refractivity contribution in [3.05, 3.63) is 22.7 Å². The number of hydrogen-bond acceptors (Lipinski definition) is 2. The summed E-state index contributed by atoms with van der Waals surface area (Å²) in [7, 11) is 0. The standard InChI is InChI=1S/C9H10ClNO/c1-5-2-6-3-7(11)4-8(10)9(6)12-5/h3-5H,2,11H2,1H3/t5-/m1/s1. The van der Waals surface area contributed by atoms with Crippen molar-refractivity contribution >= 4 is 17.3 Å². The van der Waals surface area contributed by atoms with Gasteiger partial charge in [-0.15, -0.1) is 0 Å². The predicted octanol–water partition coefficient (Wildman–Crippen LogP) is 2.25. The second-order valence-corrected chi connectivity index (χ2v) is 3.53. The first-order valence-electron chi connectivity index (χ1n) is 3.91. The Labute approximate surface area is 76.3 Å². The summed E-state index contributed by atoms with van der Waals surface area (Å²) < 4.78 is 5.51. The van der Waals surface area contributed by atoms with Crippen molar-refractivity contribution in [2.75, 3.05) is 5.73 Å². The van der Waals surface area contributed by atoms with Gasteiger partial charge in [0.25, 0.3) is 0 Å². The van der Waals surface area contributed by atoms with Crippen LogP contribution in [0.2, 0.25) is 5.02 Å². The molecule has 1 aromatic carbocycles. The molecule has 2 nitrogen and oxygen atoms in total. The van der Waals surface area contributed by atoms with Gasteiger partial charge in [-0.1, -0.05) is 11.6 Å². The topological polar surface area (TPSA) is 35.2 Å². The van der Waals surface area contributed by atoms with Gasteiger partial charge in [0.05, 0.1) is 5.02 Å². The van der Waals surface area contributed by atoms with Gasteiger partial charge in [-0.05, 0) is 19.1 Å². The van der Waals surface area contributed by atoms with E-state index in [0.29, 0.717) is 10.7 Å². The van der Waals surface area contributed by atoms with Crippen LogP contribution in [0.5, 0.6) is 5.75 Å². The van der Waals surface area contributed by atoms with Crippen molar-refractivity contribution in [1.29, 1.82) is 0 Å². The van der Waals surface area contributed by atoms with Gasteiger partial charge in [0.15, 0.2) is 0 Å². The zero-order chi connectivity index (χ0) is 8.72. The van der Waals surface area contributed by atoms with Crippen LogP contribution in [-0.2, 0) is 6.42 Å². The van der Waals surface area contributed by atoms with Gasteiger partial charge in [0.1, 0.15) is 11.9 Å². The molecule has 0 fully saturated rings. The molecule has 0 saturated carbocycles. The average molecular weight is 184 g/mol. The van der Waals surface area contributed by atoms with E-state index in [4.69, 9.17) is 22.1 Å². The van der Waals surface area contributed by atoms with Crippen LogP contribution in [-0.4, -0.2) is 6.10 Å². The molecule has 1 aromatic rings. The highest BCUT2D eigenvalue weighted by molar-refractivity contribution is 6.32. The maximum Gasteiger partial charge on any atom is 0.141 e. The number of nitrogen functional groups attached to an aromatic ring is 1. The van der Waals surface area contributed by atoms with Crippen LogP contribution in [0.3, 0.4) is 0 Å². The third kappa shape index (κ3) is 1.12. The molecule has 1 heterocycles. The molecule has 1 aliphatic rings. The second kappa shape index (κ2) is 2.56. The van der Waals surface area contributed by atoms with E-state index >= 15 is 0 Å². The Hall–Kier alpha value is -0.890. The summed E-state index contributed by atoms with van der Waals surface area (Å²) in [5.41, 5.74) is 7.46. The summed E-state index contributed by atoms with van der Waals surface area (Å²) in [6, 6.07) is 3.64. The largest absolute Gasteiger partial charge is 0.489 e. The fourth-order valence-electron chi connectivity index (χ4n) is 1.51. The van der Waals surface area contributed by atoms with Gasteiger partial charge in [-0.25, -0.2) is 0 Å². The van der Waals surface area contributed by atoms with E-state index in [2.05, 4.69) is 0 Å². The highest BCUT2D eigenvalue weighted by Crippen LogP contribution is 2.37.